The summed E-state index contributed by atoms with van der Waals surface area (Å²) in [5.74, 6) is 1.00. The minimum Gasteiger partial charge on any atom is -0.353 e. The number of benzene rings is 1. The predicted octanol–water partition coefficient (Wildman–Crippen LogP) is 4.49. The molecule has 1 fully saturated rings. The lowest BCUT2D eigenvalue weighted by Crippen LogP contribution is -2.39. The number of carbonyl (C=O) groups is 1. The number of hydrogen-bond donors (Lipinski definition) is 1. The largest absolute Gasteiger partial charge is 0.353 e. The molecule has 0 unspecified atom stereocenters. The van der Waals surface area contributed by atoms with E-state index in [4.69, 9.17) is 4.98 Å². The van der Waals surface area contributed by atoms with Gasteiger partial charge in [0.1, 0.15) is 5.82 Å². The van der Waals surface area contributed by atoms with Gasteiger partial charge in [-0.3, -0.25) is 4.79 Å². The maximum atomic E-state index is 12.4. The summed E-state index contributed by atoms with van der Waals surface area (Å²) >= 11 is 1.43. The van der Waals surface area contributed by atoms with Gasteiger partial charge in [-0.2, -0.15) is 4.37 Å². The van der Waals surface area contributed by atoms with E-state index in [2.05, 4.69) is 59.6 Å². The summed E-state index contributed by atoms with van der Waals surface area (Å²) in [7, 11) is 0. The van der Waals surface area contributed by atoms with E-state index in [0.29, 0.717) is 19.0 Å². The summed E-state index contributed by atoms with van der Waals surface area (Å²) in [6.45, 7) is 7.05. The lowest BCUT2D eigenvalue weighted by atomic mass is 9.95. The Kier molecular flexibility index (Phi) is 7.43. The molecule has 0 radical (unpaired) electrons. The molecule has 0 spiro atoms. The summed E-state index contributed by atoms with van der Waals surface area (Å²) in [5.41, 5.74) is 2.48. The molecule has 0 atom stereocenters. The summed E-state index contributed by atoms with van der Waals surface area (Å²) in [6.07, 6.45) is 7.26. The quantitative estimate of drug-likeness (QED) is 0.709. The Bertz CT molecular complexity index is 750. The molecule has 1 N–H and O–H groups in total. The van der Waals surface area contributed by atoms with Gasteiger partial charge >= 0.3 is 0 Å². The smallest absolute Gasteiger partial charge is 0.221 e. The fourth-order valence-corrected chi connectivity index (χ4v) is 4.51. The van der Waals surface area contributed by atoms with Crippen molar-refractivity contribution in [2.24, 2.45) is 0 Å². The Labute approximate surface area is 172 Å². The van der Waals surface area contributed by atoms with Crippen molar-refractivity contribution in [2.75, 3.05) is 11.4 Å². The van der Waals surface area contributed by atoms with Gasteiger partial charge in [0.05, 0.1) is 0 Å². The van der Waals surface area contributed by atoms with Crippen molar-refractivity contribution in [1.82, 2.24) is 14.7 Å². The highest BCUT2D eigenvalue weighted by Gasteiger charge is 2.19. The van der Waals surface area contributed by atoms with Crippen LogP contribution < -0.4 is 10.2 Å². The van der Waals surface area contributed by atoms with Crippen LogP contribution in [0.3, 0.4) is 0 Å². The molecule has 1 heterocycles. The summed E-state index contributed by atoms with van der Waals surface area (Å²) in [4.78, 5) is 19.3. The van der Waals surface area contributed by atoms with E-state index in [0.717, 1.165) is 30.2 Å². The van der Waals surface area contributed by atoms with Gasteiger partial charge in [-0.05, 0) is 39.2 Å². The first-order valence-electron chi connectivity index (χ1n) is 10.5. The average molecular weight is 401 g/mol. The lowest BCUT2D eigenvalue weighted by molar-refractivity contribution is -0.121. The summed E-state index contributed by atoms with van der Waals surface area (Å²) in [5, 5.41) is 4.11. The number of amides is 1. The highest BCUT2D eigenvalue weighted by molar-refractivity contribution is 7.09. The van der Waals surface area contributed by atoms with Crippen LogP contribution in [0.2, 0.25) is 0 Å². The van der Waals surface area contributed by atoms with E-state index >= 15 is 0 Å². The molecule has 152 valence electrons. The van der Waals surface area contributed by atoms with Gasteiger partial charge in [-0.25, -0.2) is 4.98 Å². The molecule has 28 heavy (non-hydrogen) atoms. The van der Waals surface area contributed by atoms with Gasteiger partial charge < -0.3 is 10.2 Å². The number of carbonyl (C=O) groups excluding carboxylic acids is 1. The van der Waals surface area contributed by atoms with Crippen molar-refractivity contribution in [3.8, 4) is 0 Å². The van der Waals surface area contributed by atoms with Gasteiger partial charge in [0.2, 0.25) is 11.0 Å². The Morgan fingerprint density at radius 1 is 1.21 bits per heavy atom. The predicted molar refractivity (Wildman–Crippen MR) is 116 cm³/mol. The van der Waals surface area contributed by atoms with Crippen LogP contribution in [0.25, 0.3) is 0 Å². The third-order valence-corrected chi connectivity index (χ3v) is 6.15. The van der Waals surface area contributed by atoms with Crippen LogP contribution in [0.5, 0.6) is 0 Å². The molecule has 5 nitrogen and oxygen atoms in total. The van der Waals surface area contributed by atoms with Gasteiger partial charge in [0, 0.05) is 43.0 Å². The van der Waals surface area contributed by atoms with E-state index < -0.39 is 0 Å². The first kappa shape index (κ1) is 20.8. The zero-order chi connectivity index (χ0) is 19.9. The van der Waals surface area contributed by atoms with E-state index in [-0.39, 0.29) is 11.9 Å². The van der Waals surface area contributed by atoms with Gasteiger partial charge in [-0.15, -0.1) is 0 Å². The first-order chi connectivity index (χ1) is 13.5. The molecule has 1 amide bonds. The molecule has 1 aromatic heterocycles. The molecular weight excluding hydrogens is 368 g/mol. The van der Waals surface area contributed by atoms with E-state index in [1.165, 1.54) is 41.9 Å². The molecule has 0 bridgehead atoms. The Balaban J connectivity index is 1.55. The average Bonchev–Trinajstić information content (AvgIpc) is 3.12. The number of aryl methyl sites for hydroxylation is 1. The van der Waals surface area contributed by atoms with Crippen molar-refractivity contribution in [2.45, 2.75) is 77.8 Å². The fraction of sp³-hybridized carbons (Fsp3) is 0.591. The number of nitrogens with one attached hydrogen (secondary N) is 1. The van der Waals surface area contributed by atoms with Crippen molar-refractivity contribution in [3.05, 3.63) is 41.2 Å². The molecule has 6 heteroatoms. The third-order valence-electron chi connectivity index (χ3n) is 5.36. The minimum absolute atomic E-state index is 0.155. The SMILES string of the molecule is Cc1ccc(Cc2nsc(N(CCC(=O)NC3CCCCC3)C(C)C)n2)cc1. The van der Waals surface area contributed by atoms with Crippen molar-refractivity contribution >= 4 is 22.6 Å². The second kappa shape index (κ2) is 10.0. The molecule has 1 saturated carbocycles. The molecule has 1 aliphatic rings. The Hall–Kier alpha value is -1.95. The topological polar surface area (TPSA) is 58.1 Å². The number of aromatic nitrogens is 2. The molecule has 1 aliphatic carbocycles. The molecule has 0 saturated heterocycles. The molecule has 1 aromatic carbocycles. The van der Waals surface area contributed by atoms with E-state index in [9.17, 15) is 4.79 Å². The number of anilines is 1. The van der Waals surface area contributed by atoms with Crippen LogP contribution in [0.15, 0.2) is 24.3 Å². The first-order valence-corrected chi connectivity index (χ1v) is 11.2. The van der Waals surface area contributed by atoms with Crippen LogP contribution in [-0.4, -0.2) is 33.9 Å². The Morgan fingerprint density at radius 2 is 1.93 bits per heavy atom. The zero-order valence-electron chi connectivity index (χ0n) is 17.3. The van der Waals surface area contributed by atoms with Gasteiger partial charge in [0.15, 0.2) is 0 Å². The van der Waals surface area contributed by atoms with Crippen LogP contribution in [0.4, 0.5) is 5.13 Å². The second-order valence-corrected chi connectivity index (χ2v) is 8.83. The standard InChI is InChI=1S/C22H32N4OS/c1-16(2)26(14-13-21(27)23-19-7-5-4-6-8-19)22-24-20(25-28-22)15-18-11-9-17(3)10-12-18/h9-12,16,19H,4-8,13-15H2,1-3H3,(H,23,27). The van der Waals surface area contributed by atoms with Crippen molar-refractivity contribution < 1.29 is 4.79 Å². The second-order valence-electron chi connectivity index (χ2n) is 8.10. The monoisotopic (exact) mass is 400 g/mol. The number of nitrogens with zero attached hydrogens (tertiary/aromatic N) is 3. The highest BCUT2D eigenvalue weighted by atomic mass is 32.1. The van der Waals surface area contributed by atoms with Crippen LogP contribution in [0, 0.1) is 6.92 Å². The minimum atomic E-state index is 0.155. The van der Waals surface area contributed by atoms with Crippen LogP contribution >= 0.6 is 11.5 Å². The summed E-state index contributed by atoms with van der Waals surface area (Å²) in [6, 6.07) is 9.15. The maximum Gasteiger partial charge on any atom is 0.221 e. The Morgan fingerprint density at radius 3 is 2.61 bits per heavy atom. The molecular formula is C22H32N4OS. The van der Waals surface area contributed by atoms with Crippen LogP contribution in [0.1, 0.15) is 69.3 Å². The number of hydrogen-bond acceptors (Lipinski definition) is 5. The van der Waals surface area contributed by atoms with Crippen LogP contribution in [-0.2, 0) is 11.2 Å². The molecule has 3 rings (SSSR count). The maximum absolute atomic E-state index is 12.4. The summed E-state index contributed by atoms with van der Waals surface area (Å²) < 4.78 is 4.55. The van der Waals surface area contributed by atoms with Gasteiger partial charge in [-0.1, -0.05) is 49.1 Å². The highest BCUT2D eigenvalue weighted by Crippen LogP contribution is 2.22. The van der Waals surface area contributed by atoms with E-state index in [1.807, 2.05) is 0 Å². The lowest BCUT2D eigenvalue weighted by Gasteiger charge is -2.27. The molecule has 0 aliphatic heterocycles. The zero-order valence-corrected chi connectivity index (χ0v) is 18.1. The van der Waals surface area contributed by atoms with Crippen molar-refractivity contribution in [1.29, 1.82) is 0 Å². The number of rotatable bonds is 8. The fourth-order valence-electron chi connectivity index (χ4n) is 3.67. The normalized spacial score (nSPS) is 15.0. The van der Waals surface area contributed by atoms with E-state index in [1.54, 1.807) is 0 Å². The van der Waals surface area contributed by atoms with Crippen molar-refractivity contribution in [3.63, 3.8) is 0 Å². The third kappa shape index (κ3) is 6.03. The molecule has 2 aromatic rings. The van der Waals surface area contributed by atoms with Gasteiger partial charge in [0.25, 0.3) is 0 Å².